The molecule has 2 rings (SSSR count). The normalized spacial score (nSPS) is 22.3. The van der Waals surface area contributed by atoms with Crippen molar-refractivity contribution in [2.75, 3.05) is 19.8 Å². The highest BCUT2D eigenvalue weighted by Crippen LogP contribution is 2.22. The van der Waals surface area contributed by atoms with Gasteiger partial charge in [-0.2, -0.15) is 0 Å². The van der Waals surface area contributed by atoms with Crippen LogP contribution in [0.25, 0.3) is 0 Å². The second-order valence-corrected chi connectivity index (χ2v) is 4.11. The number of morpholine rings is 1. The zero-order valence-corrected chi connectivity index (χ0v) is 9.18. The van der Waals surface area contributed by atoms with Gasteiger partial charge in [0.25, 0.3) is 0 Å². The van der Waals surface area contributed by atoms with Crippen LogP contribution in [0.4, 0.5) is 4.39 Å². The first-order chi connectivity index (χ1) is 6.77. The summed E-state index contributed by atoms with van der Waals surface area (Å²) in [7, 11) is 0. The van der Waals surface area contributed by atoms with E-state index in [0.717, 1.165) is 18.7 Å². The second-order valence-electron chi connectivity index (χ2n) is 3.26. The van der Waals surface area contributed by atoms with Crippen molar-refractivity contribution in [3.63, 3.8) is 0 Å². The molecule has 1 N–H and O–H groups in total. The van der Waals surface area contributed by atoms with Crippen molar-refractivity contribution >= 4 is 15.9 Å². The lowest BCUT2D eigenvalue weighted by Crippen LogP contribution is -2.34. The predicted molar refractivity (Wildman–Crippen MR) is 55.7 cm³/mol. The number of benzene rings is 1. The van der Waals surface area contributed by atoms with Crippen molar-refractivity contribution in [1.29, 1.82) is 0 Å². The molecule has 0 saturated carbocycles. The molecule has 1 aliphatic rings. The third kappa shape index (κ3) is 2.13. The van der Waals surface area contributed by atoms with Crippen LogP contribution in [0, 0.1) is 5.82 Å². The molecule has 0 amide bonds. The highest BCUT2D eigenvalue weighted by atomic mass is 79.9. The van der Waals surface area contributed by atoms with Crippen LogP contribution in [0.5, 0.6) is 0 Å². The molecule has 4 heteroatoms. The first kappa shape index (κ1) is 10.1. The number of rotatable bonds is 1. The summed E-state index contributed by atoms with van der Waals surface area (Å²) in [5.74, 6) is -0.231. The third-order valence-electron chi connectivity index (χ3n) is 2.27. The molecule has 0 aliphatic carbocycles. The summed E-state index contributed by atoms with van der Waals surface area (Å²) in [4.78, 5) is 0. The Morgan fingerprint density at radius 2 is 2.36 bits per heavy atom. The minimum Gasteiger partial charge on any atom is -0.378 e. The van der Waals surface area contributed by atoms with E-state index >= 15 is 0 Å². The molecule has 0 bridgehead atoms. The van der Waals surface area contributed by atoms with Gasteiger partial charge >= 0.3 is 0 Å². The molecule has 0 spiro atoms. The fourth-order valence-electron chi connectivity index (χ4n) is 1.51. The molecule has 1 aromatic rings. The fourth-order valence-corrected chi connectivity index (χ4v) is 1.91. The average molecular weight is 260 g/mol. The van der Waals surface area contributed by atoms with Crippen LogP contribution in [0.3, 0.4) is 0 Å². The lowest BCUT2D eigenvalue weighted by atomic mass is 10.1. The zero-order valence-electron chi connectivity index (χ0n) is 7.59. The minimum atomic E-state index is -0.231. The van der Waals surface area contributed by atoms with Gasteiger partial charge in [-0.15, -0.1) is 0 Å². The summed E-state index contributed by atoms with van der Waals surface area (Å²) < 4.78 is 18.8. The van der Waals surface area contributed by atoms with Gasteiger partial charge in [0.1, 0.15) is 5.82 Å². The van der Waals surface area contributed by atoms with Crippen molar-refractivity contribution in [2.45, 2.75) is 6.04 Å². The molecular formula is C10H11BrFNO. The molecule has 1 aromatic carbocycles. The van der Waals surface area contributed by atoms with Crippen LogP contribution in [-0.2, 0) is 4.74 Å². The summed E-state index contributed by atoms with van der Waals surface area (Å²) in [6.45, 7) is 2.25. The Morgan fingerprint density at radius 3 is 3.00 bits per heavy atom. The summed E-state index contributed by atoms with van der Waals surface area (Å²) in [6.07, 6.45) is 0. The molecule has 1 heterocycles. The van der Waals surface area contributed by atoms with E-state index in [1.54, 1.807) is 12.1 Å². The summed E-state index contributed by atoms with van der Waals surface area (Å²) >= 11 is 3.17. The smallest absolute Gasteiger partial charge is 0.137 e. The molecule has 14 heavy (non-hydrogen) atoms. The van der Waals surface area contributed by atoms with Crippen molar-refractivity contribution in [3.8, 4) is 0 Å². The van der Waals surface area contributed by atoms with Gasteiger partial charge in [-0.1, -0.05) is 6.07 Å². The summed E-state index contributed by atoms with van der Waals surface area (Å²) in [5, 5.41) is 3.31. The maximum Gasteiger partial charge on any atom is 0.137 e. The maximum atomic E-state index is 13.0. The van der Waals surface area contributed by atoms with E-state index in [1.807, 2.05) is 0 Å². The topological polar surface area (TPSA) is 21.3 Å². The van der Waals surface area contributed by atoms with Crippen molar-refractivity contribution in [2.24, 2.45) is 0 Å². The molecule has 0 aromatic heterocycles. The first-order valence-electron chi connectivity index (χ1n) is 4.53. The third-order valence-corrected chi connectivity index (χ3v) is 2.88. The van der Waals surface area contributed by atoms with Gasteiger partial charge in [-0.05, 0) is 33.6 Å². The van der Waals surface area contributed by atoms with E-state index in [1.165, 1.54) is 6.07 Å². The van der Waals surface area contributed by atoms with Crippen molar-refractivity contribution < 1.29 is 9.13 Å². The Hall–Kier alpha value is -0.450. The van der Waals surface area contributed by atoms with Crippen LogP contribution < -0.4 is 5.32 Å². The quantitative estimate of drug-likeness (QED) is 0.836. The minimum absolute atomic E-state index is 0.181. The van der Waals surface area contributed by atoms with E-state index < -0.39 is 0 Å². The van der Waals surface area contributed by atoms with E-state index in [0.29, 0.717) is 11.1 Å². The summed E-state index contributed by atoms with van der Waals surface area (Å²) in [6, 6.07) is 5.23. The van der Waals surface area contributed by atoms with Crippen LogP contribution in [0.1, 0.15) is 11.6 Å². The van der Waals surface area contributed by atoms with E-state index in [-0.39, 0.29) is 11.9 Å². The molecule has 76 valence electrons. The fraction of sp³-hybridized carbons (Fsp3) is 0.400. The molecule has 1 aliphatic heterocycles. The van der Waals surface area contributed by atoms with Gasteiger partial charge in [0, 0.05) is 6.54 Å². The Balaban J connectivity index is 2.18. The van der Waals surface area contributed by atoms with Gasteiger partial charge in [0.15, 0.2) is 0 Å². The molecule has 1 fully saturated rings. The molecule has 1 atom stereocenters. The van der Waals surface area contributed by atoms with Crippen molar-refractivity contribution in [3.05, 3.63) is 34.1 Å². The monoisotopic (exact) mass is 259 g/mol. The number of ether oxygens (including phenoxy) is 1. The Kier molecular flexibility index (Phi) is 3.15. The SMILES string of the molecule is Fc1ccc(C2COCCN2)cc1Br. The van der Waals surface area contributed by atoms with Gasteiger partial charge in [-0.25, -0.2) is 4.39 Å². The predicted octanol–water partition coefficient (Wildman–Crippen LogP) is 2.25. The van der Waals surface area contributed by atoms with Crippen LogP contribution >= 0.6 is 15.9 Å². The largest absolute Gasteiger partial charge is 0.378 e. The number of halogens is 2. The van der Waals surface area contributed by atoms with E-state index in [4.69, 9.17) is 4.74 Å². The van der Waals surface area contributed by atoms with Gasteiger partial charge in [0.2, 0.25) is 0 Å². The van der Waals surface area contributed by atoms with Crippen LogP contribution in [0.2, 0.25) is 0 Å². The molecule has 2 nitrogen and oxygen atoms in total. The lowest BCUT2D eigenvalue weighted by Gasteiger charge is -2.24. The number of nitrogens with one attached hydrogen (secondary N) is 1. The first-order valence-corrected chi connectivity index (χ1v) is 5.33. The second kappa shape index (κ2) is 4.38. The highest BCUT2D eigenvalue weighted by molar-refractivity contribution is 9.10. The molecule has 1 unspecified atom stereocenters. The Bertz CT molecular complexity index is 326. The maximum absolute atomic E-state index is 13.0. The molecule has 0 radical (unpaired) electrons. The van der Waals surface area contributed by atoms with Crippen LogP contribution in [0.15, 0.2) is 22.7 Å². The van der Waals surface area contributed by atoms with Gasteiger partial charge < -0.3 is 10.1 Å². The van der Waals surface area contributed by atoms with E-state index in [9.17, 15) is 4.39 Å². The number of hydrogen-bond acceptors (Lipinski definition) is 2. The van der Waals surface area contributed by atoms with Gasteiger partial charge in [-0.3, -0.25) is 0 Å². The Morgan fingerprint density at radius 1 is 1.50 bits per heavy atom. The molecule has 1 saturated heterocycles. The van der Waals surface area contributed by atoms with Crippen LogP contribution in [-0.4, -0.2) is 19.8 Å². The average Bonchev–Trinajstić information content (AvgIpc) is 2.23. The zero-order chi connectivity index (χ0) is 9.97. The van der Waals surface area contributed by atoms with E-state index in [2.05, 4.69) is 21.2 Å². The van der Waals surface area contributed by atoms with Crippen molar-refractivity contribution in [1.82, 2.24) is 5.32 Å². The standard InChI is InChI=1S/C10H11BrFNO/c11-8-5-7(1-2-9(8)12)10-6-14-4-3-13-10/h1-2,5,10,13H,3-4,6H2. The number of hydrogen-bond donors (Lipinski definition) is 1. The highest BCUT2D eigenvalue weighted by Gasteiger charge is 2.15. The molecular weight excluding hydrogens is 249 g/mol. The lowest BCUT2D eigenvalue weighted by molar-refractivity contribution is 0.0768. The Labute approximate surface area is 90.6 Å². The summed E-state index contributed by atoms with van der Waals surface area (Å²) in [5.41, 5.74) is 1.05. The van der Waals surface area contributed by atoms with Gasteiger partial charge in [0.05, 0.1) is 23.7 Å².